The summed E-state index contributed by atoms with van der Waals surface area (Å²) in [6.45, 7) is 7.58. The number of carbonyl (C=O) groups excluding carboxylic acids is 2. The van der Waals surface area contributed by atoms with E-state index in [9.17, 15) is 9.59 Å². The molecule has 0 aromatic heterocycles. The number of hydrogen-bond donors (Lipinski definition) is 1. The molecule has 2 aromatic rings. The second-order valence-corrected chi connectivity index (χ2v) is 6.68. The van der Waals surface area contributed by atoms with Crippen LogP contribution in [0.5, 0.6) is 5.75 Å². The number of nitrogens with one attached hydrogen (secondary N) is 1. The fourth-order valence-electron chi connectivity index (χ4n) is 2.22. The molecule has 0 aliphatic rings. The number of ether oxygens (including phenoxy) is 1. The van der Waals surface area contributed by atoms with Crippen molar-refractivity contribution in [2.45, 2.75) is 39.7 Å². The van der Waals surface area contributed by atoms with Crippen LogP contribution >= 0.6 is 0 Å². The highest BCUT2D eigenvalue weighted by Crippen LogP contribution is 2.19. The van der Waals surface area contributed by atoms with Crippen molar-refractivity contribution in [3.8, 4) is 5.75 Å². The highest BCUT2D eigenvalue weighted by Gasteiger charge is 2.25. The monoisotopic (exact) mass is 339 g/mol. The molecule has 0 unspecified atom stereocenters. The number of Topliss-reactive ketones (excluding diaryl/α,β-unsaturated/α-hetero) is 1. The first-order valence-electron chi connectivity index (χ1n) is 8.42. The van der Waals surface area contributed by atoms with Crippen molar-refractivity contribution in [1.29, 1.82) is 0 Å². The zero-order valence-electron chi connectivity index (χ0n) is 15.3. The summed E-state index contributed by atoms with van der Waals surface area (Å²) in [6, 6.07) is 15.1. The van der Waals surface area contributed by atoms with E-state index in [2.05, 4.69) is 5.32 Å². The van der Waals surface area contributed by atoms with E-state index in [1.165, 1.54) is 6.92 Å². The first kappa shape index (κ1) is 18.7. The predicted octanol–water partition coefficient (Wildman–Crippen LogP) is 3.71. The van der Waals surface area contributed by atoms with Crippen molar-refractivity contribution in [1.82, 2.24) is 5.32 Å². The number of ketones is 1. The largest absolute Gasteiger partial charge is 0.480 e. The van der Waals surface area contributed by atoms with E-state index in [-0.39, 0.29) is 11.7 Å². The van der Waals surface area contributed by atoms with Gasteiger partial charge in [0.25, 0.3) is 5.91 Å². The van der Waals surface area contributed by atoms with Crippen molar-refractivity contribution < 1.29 is 14.3 Å². The molecule has 0 fully saturated rings. The molecule has 132 valence electrons. The SMILES string of the molecule is CC(=O)C(C)(C)Oc1ccc(CCNC(=O)c2ccc(C)cc2)cc1. The van der Waals surface area contributed by atoms with Gasteiger partial charge in [0.2, 0.25) is 0 Å². The molecule has 0 aliphatic carbocycles. The zero-order valence-corrected chi connectivity index (χ0v) is 15.3. The average Bonchev–Trinajstić information content (AvgIpc) is 2.56. The summed E-state index contributed by atoms with van der Waals surface area (Å²) in [5, 5.41) is 2.92. The fourth-order valence-corrected chi connectivity index (χ4v) is 2.22. The molecule has 0 heterocycles. The topological polar surface area (TPSA) is 55.4 Å². The Balaban J connectivity index is 1.84. The maximum atomic E-state index is 12.1. The summed E-state index contributed by atoms with van der Waals surface area (Å²) in [5.74, 6) is 0.575. The molecule has 0 bridgehead atoms. The normalized spacial score (nSPS) is 11.0. The molecule has 0 aliphatic heterocycles. The minimum Gasteiger partial charge on any atom is -0.480 e. The third-order valence-electron chi connectivity index (χ3n) is 4.16. The van der Waals surface area contributed by atoms with E-state index in [0.29, 0.717) is 17.9 Å². The molecule has 1 amide bonds. The van der Waals surface area contributed by atoms with E-state index < -0.39 is 5.60 Å². The van der Waals surface area contributed by atoms with Crippen LogP contribution < -0.4 is 10.1 Å². The highest BCUT2D eigenvalue weighted by molar-refractivity contribution is 5.94. The molecule has 1 N–H and O–H groups in total. The molecule has 4 heteroatoms. The summed E-state index contributed by atoms with van der Waals surface area (Å²) in [6.07, 6.45) is 0.730. The van der Waals surface area contributed by atoms with E-state index in [4.69, 9.17) is 4.74 Å². The Morgan fingerprint density at radius 1 is 1.00 bits per heavy atom. The second-order valence-electron chi connectivity index (χ2n) is 6.68. The molecule has 2 rings (SSSR count). The van der Waals surface area contributed by atoms with Crippen LogP contribution in [0.2, 0.25) is 0 Å². The third-order valence-corrected chi connectivity index (χ3v) is 4.16. The number of rotatable bonds is 7. The minimum absolute atomic E-state index is 0.0182. The zero-order chi connectivity index (χ0) is 18.4. The first-order chi connectivity index (χ1) is 11.8. The van der Waals surface area contributed by atoms with Crippen molar-refractivity contribution in [3.63, 3.8) is 0 Å². The van der Waals surface area contributed by atoms with Crippen molar-refractivity contribution in [3.05, 3.63) is 65.2 Å². The Labute approximate surface area is 149 Å². The lowest BCUT2D eigenvalue weighted by Gasteiger charge is -2.23. The summed E-state index contributed by atoms with van der Waals surface area (Å²) < 4.78 is 5.71. The van der Waals surface area contributed by atoms with Gasteiger partial charge in [-0.3, -0.25) is 9.59 Å². The number of aryl methyl sites for hydroxylation is 1. The summed E-state index contributed by atoms with van der Waals surface area (Å²) in [7, 11) is 0. The summed E-state index contributed by atoms with van der Waals surface area (Å²) in [4.78, 5) is 23.6. The van der Waals surface area contributed by atoms with Gasteiger partial charge in [-0.2, -0.15) is 0 Å². The molecular weight excluding hydrogens is 314 g/mol. The maximum absolute atomic E-state index is 12.1. The molecule has 0 saturated carbocycles. The number of carbonyl (C=O) groups is 2. The van der Waals surface area contributed by atoms with Gasteiger partial charge in [-0.25, -0.2) is 0 Å². The van der Waals surface area contributed by atoms with Gasteiger partial charge >= 0.3 is 0 Å². The smallest absolute Gasteiger partial charge is 0.251 e. The quantitative estimate of drug-likeness (QED) is 0.836. The van der Waals surface area contributed by atoms with Crippen molar-refractivity contribution in [2.24, 2.45) is 0 Å². The van der Waals surface area contributed by atoms with E-state index in [1.54, 1.807) is 13.8 Å². The van der Waals surface area contributed by atoms with Crippen molar-refractivity contribution in [2.75, 3.05) is 6.54 Å². The predicted molar refractivity (Wildman–Crippen MR) is 99.0 cm³/mol. The molecule has 0 radical (unpaired) electrons. The van der Waals surface area contributed by atoms with Crippen LogP contribution in [0.4, 0.5) is 0 Å². The standard InChI is InChI=1S/C21H25NO3/c1-15-5-9-18(10-6-15)20(24)22-14-13-17-7-11-19(12-8-17)25-21(3,4)16(2)23/h5-12H,13-14H2,1-4H3,(H,22,24). The lowest BCUT2D eigenvalue weighted by atomic mass is 10.1. The van der Waals surface area contributed by atoms with Gasteiger partial charge < -0.3 is 10.1 Å². The lowest BCUT2D eigenvalue weighted by Crippen LogP contribution is -2.36. The fraction of sp³-hybridized carbons (Fsp3) is 0.333. The summed E-state index contributed by atoms with van der Waals surface area (Å²) in [5.41, 5.74) is 2.06. The highest BCUT2D eigenvalue weighted by atomic mass is 16.5. The molecule has 0 saturated heterocycles. The van der Waals surface area contributed by atoms with Crippen LogP contribution in [0.15, 0.2) is 48.5 Å². The molecule has 4 nitrogen and oxygen atoms in total. The van der Waals surface area contributed by atoms with Gasteiger partial charge in [-0.1, -0.05) is 29.8 Å². The minimum atomic E-state index is -0.830. The molecule has 0 spiro atoms. The van der Waals surface area contributed by atoms with Crippen molar-refractivity contribution >= 4 is 11.7 Å². The van der Waals surface area contributed by atoms with Gasteiger partial charge in [0, 0.05) is 12.1 Å². The van der Waals surface area contributed by atoms with Crippen LogP contribution in [0, 0.1) is 6.92 Å². The Morgan fingerprint density at radius 2 is 1.60 bits per heavy atom. The number of benzene rings is 2. The Bertz CT molecular complexity index is 731. The van der Waals surface area contributed by atoms with Crippen LogP contribution in [0.25, 0.3) is 0 Å². The third kappa shape index (κ3) is 5.45. The lowest BCUT2D eigenvalue weighted by molar-refractivity contribution is -0.129. The van der Waals surface area contributed by atoms with Crippen LogP contribution in [0.1, 0.15) is 42.3 Å². The van der Waals surface area contributed by atoms with Crippen LogP contribution in [-0.4, -0.2) is 23.8 Å². The Morgan fingerprint density at radius 3 is 2.16 bits per heavy atom. The Hall–Kier alpha value is -2.62. The van der Waals surface area contributed by atoms with E-state index in [1.807, 2.05) is 55.5 Å². The molecular formula is C21H25NO3. The van der Waals surface area contributed by atoms with Gasteiger partial charge in [0.1, 0.15) is 5.75 Å². The van der Waals surface area contributed by atoms with Gasteiger partial charge in [0.15, 0.2) is 11.4 Å². The molecule has 0 atom stereocenters. The number of hydrogen-bond acceptors (Lipinski definition) is 3. The van der Waals surface area contributed by atoms with Crippen LogP contribution in [-0.2, 0) is 11.2 Å². The van der Waals surface area contributed by atoms with E-state index in [0.717, 1.165) is 17.5 Å². The van der Waals surface area contributed by atoms with Gasteiger partial charge in [-0.05, 0) is 63.9 Å². The Kier molecular flexibility index (Phi) is 5.97. The van der Waals surface area contributed by atoms with Crippen LogP contribution in [0.3, 0.4) is 0 Å². The van der Waals surface area contributed by atoms with Gasteiger partial charge in [-0.15, -0.1) is 0 Å². The van der Waals surface area contributed by atoms with Gasteiger partial charge in [0.05, 0.1) is 0 Å². The molecule has 25 heavy (non-hydrogen) atoms. The first-order valence-corrected chi connectivity index (χ1v) is 8.42. The number of amides is 1. The average molecular weight is 339 g/mol. The van der Waals surface area contributed by atoms with E-state index >= 15 is 0 Å². The summed E-state index contributed by atoms with van der Waals surface area (Å²) >= 11 is 0. The maximum Gasteiger partial charge on any atom is 0.251 e. The molecule has 2 aromatic carbocycles. The second kappa shape index (κ2) is 7.97.